The lowest BCUT2D eigenvalue weighted by Gasteiger charge is -2.32. The highest BCUT2D eigenvalue weighted by Gasteiger charge is 2.30. The average molecular weight is 552 g/mol. The highest BCUT2D eigenvalue weighted by Crippen LogP contribution is 2.24. The molecule has 0 bridgehead atoms. The molecule has 0 aliphatic rings. The standard InChI is InChI=1S/C30H37N3O5S/c1-4-31-30(35)28(21-24-13-7-5-8-14-24)32(23-25-15-9-6-10-16-25)29(34)19-12-20-33(39(3,36)37)26-17-11-18-27(22-26)38-2/h5-11,13-18,22,28H,4,12,19-21,23H2,1-3H3,(H,31,35). The number of nitrogens with zero attached hydrogens (tertiary/aromatic N) is 2. The molecule has 0 saturated carbocycles. The van der Waals surface area contributed by atoms with Crippen LogP contribution in [-0.4, -0.2) is 57.6 Å². The summed E-state index contributed by atoms with van der Waals surface area (Å²) in [5, 5.41) is 2.88. The van der Waals surface area contributed by atoms with Crippen LogP contribution in [0.25, 0.3) is 0 Å². The van der Waals surface area contributed by atoms with Crippen LogP contribution in [0.2, 0.25) is 0 Å². The fourth-order valence-electron chi connectivity index (χ4n) is 4.40. The topological polar surface area (TPSA) is 96.0 Å². The number of anilines is 1. The van der Waals surface area contributed by atoms with Gasteiger partial charge in [-0.1, -0.05) is 66.7 Å². The molecule has 39 heavy (non-hydrogen) atoms. The Labute approximate surface area is 231 Å². The van der Waals surface area contributed by atoms with Gasteiger partial charge in [0, 0.05) is 38.5 Å². The van der Waals surface area contributed by atoms with Crippen molar-refractivity contribution in [2.75, 3.05) is 30.8 Å². The molecule has 0 saturated heterocycles. The SMILES string of the molecule is CCNC(=O)C(Cc1ccccc1)N(Cc1ccccc1)C(=O)CCCN(c1cccc(OC)c1)S(C)(=O)=O. The van der Waals surface area contributed by atoms with Crippen LogP contribution in [0.1, 0.15) is 30.9 Å². The van der Waals surface area contributed by atoms with E-state index in [1.165, 1.54) is 11.4 Å². The van der Waals surface area contributed by atoms with Gasteiger partial charge in [0.05, 0.1) is 19.1 Å². The zero-order valence-electron chi connectivity index (χ0n) is 22.7. The molecule has 1 atom stereocenters. The van der Waals surface area contributed by atoms with Crippen LogP contribution in [0.3, 0.4) is 0 Å². The van der Waals surface area contributed by atoms with E-state index in [2.05, 4.69) is 5.32 Å². The van der Waals surface area contributed by atoms with Crippen molar-refractivity contribution in [1.29, 1.82) is 0 Å². The number of sulfonamides is 1. The number of ether oxygens (including phenoxy) is 1. The second kappa shape index (κ2) is 14.3. The Hall–Kier alpha value is -3.85. The second-order valence-electron chi connectivity index (χ2n) is 9.25. The van der Waals surface area contributed by atoms with Crippen molar-refractivity contribution in [2.45, 2.75) is 38.8 Å². The molecule has 3 aromatic rings. The third kappa shape index (κ3) is 8.85. The summed E-state index contributed by atoms with van der Waals surface area (Å²) in [5.74, 6) is 0.0989. The molecule has 0 aromatic heterocycles. The first kappa shape index (κ1) is 29.7. The van der Waals surface area contributed by atoms with Gasteiger partial charge in [0.2, 0.25) is 21.8 Å². The molecule has 0 spiro atoms. The lowest BCUT2D eigenvalue weighted by atomic mass is 10.0. The number of rotatable bonds is 14. The molecule has 0 aliphatic heterocycles. The van der Waals surface area contributed by atoms with E-state index in [-0.39, 0.29) is 37.7 Å². The van der Waals surface area contributed by atoms with Gasteiger partial charge in [-0.3, -0.25) is 13.9 Å². The van der Waals surface area contributed by atoms with Crippen molar-refractivity contribution >= 4 is 27.5 Å². The molecule has 3 aromatic carbocycles. The van der Waals surface area contributed by atoms with Crippen molar-refractivity contribution in [3.63, 3.8) is 0 Å². The number of benzene rings is 3. The maximum absolute atomic E-state index is 13.7. The van der Waals surface area contributed by atoms with Crippen molar-refractivity contribution < 1.29 is 22.7 Å². The summed E-state index contributed by atoms with van der Waals surface area (Å²) in [6, 6.07) is 25.2. The Morgan fingerprint density at radius 1 is 0.923 bits per heavy atom. The average Bonchev–Trinajstić information content (AvgIpc) is 2.93. The predicted octanol–water partition coefficient (Wildman–Crippen LogP) is 4.02. The van der Waals surface area contributed by atoms with Gasteiger partial charge in [-0.2, -0.15) is 0 Å². The molecule has 0 heterocycles. The zero-order chi connectivity index (χ0) is 28.3. The smallest absolute Gasteiger partial charge is 0.243 e. The Morgan fingerprint density at radius 2 is 1.56 bits per heavy atom. The molecule has 0 radical (unpaired) electrons. The molecule has 208 valence electrons. The molecule has 3 rings (SSSR count). The summed E-state index contributed by atoms with van der Waals surface area (Å²) in [4.78, 5) is 28.6. The van der Waals surface area contributed by atoms with Gasteiger partial charge in [-0.25, -0.2) is 8.42 Å². The number of carbonyl (C=O) groups is 2. The molecule has 9 heteroatoms. The Bertz CT molecular complexity index is 1320. The van der Waals surface area contributed by atoms with E-state index in [0.717, 1.165) is 17.4 Å². The van der Waals surface area contributed by atoms with E-state index >= 15 is 0 Å². The van der Waals surface area contributed by atoms with Crippen molar-refractivity contribution in [3.05, 3.63) is 96.1 Å². The summed E-state index contributed by atoms with van der Waals surface area (Å²) in [6.07, 6.45) is 1.86. The Morgan fingerprint density at radius 3 is 2.15 bits per heavy atom. The van der Waals surface area contributed by atoms with Gasteiger partial charge < -0.3 is 15.0 Å². The van der Waals surface area contributed by atoms with Gasteiger partial charge >= 0.3 is 0 Å². The fraction of sp³-hybridized carbons (Fsp3) is 0.333. The summed E-state index contributed by atoms with van der Waals surface area (Å²) < 4.78 is 31.7. The highest BCUT2D eigenvalue weighted by atomic mass is 32.2. The number of likely N-dealkylation sites (N-methyl/N-ethyl adjacent to an activating group) is 1. The van der Waals surface area contributed by atoms with E-state index in [9.17, 15) is 18.0 Å². The van der Waals surface area contributed by atoms with Crippen LogP contribution >= 0.6 is 0 Å². The monoisotopic (exact) mass is 551 g/mol. The van der Waals surface area contributed by atoms with Gasteiger partial charge in [-0.15, -0.1) is 0 Å². The van der Waals surface area contributed by atoms with Crippen LogP contribution in [-0.2, 0) is 32.6 Å². The number of methoxy groups -OCH3 is 1. The first-order valence-corrected chi connectivity index (χ1v) is 14.8. The highest BCUT2D eigenvalue weighted by molar-refractivity contribution is 7.92. The van der Waals surface area contributed by atoms with Crippen LogP contribution in [0.5, 0.6) is 5.75 Å². The van der Waals surface area contributed by atoms with Crippen LogP contribution in [0.4, 0.5) is 5.69 Å². The number of hydrogen-bond donors (Lipinski definition) is 1. The van der Waals surface area contributed by atoms with Crippen LogP contribution in [0.15, 0.2) is 84.9 Å². The lowest BCUT2D eigenvalue weighted by molar-refractivity contribution is -0.141. The van der Waals surface area contributed by atoms with E-state index < -0.39 is 16.1 Å². The minimum atomic E-state index is -3.60. The van der Waals surface area contributed by atoms with E-state index in [4.69, 9.17) is 4.74 Å². The number of amides is 2. The third-order valence-electron chi connectivity index (χ3n) is 6.31. The van der Waals surface area contributed by atoms with Gasteiger partial charge in [-0.05, 0) is 36.6 Å². The van der Waals surface area contributed by atoms with Gasteiger partial charge in [0.1, 0.15) is 11.8 Å². The number of carbonyl (C=O) groups excluding carboxylic acids is 2. The first-order chi connectivity index (χ1) is 18.7. The molecule has 1 unspecified atom stereocenters. The Balaban J connectivity index is 1.84. The quantitative estimate of drug-likeness (QED) is 0.327. The predicted molar refractivity (Wildman–Crippen MR) is 154 cm³/mol. The molecule has 0 fully saturated rings. The molecule has 1 N–H and O–H groups in total. The summed E-state index contributed by atoms with van der Waals surface area (Å²) in [6.45, 7) is 2.67. The van der Waals surface area contributed by atoms with Gasteiger partial charge in [0.15, 0.2) is 0 Å². The van der Waals surface area contributed by atoms with Crippen LogP contribution in [0, 0.1) is 0 Å². The lowest BCUT2D eigenvalue weighted by Crippen LogP contribution is -2.50. The summed E-state index contributed by atoms with van der Waals surface area (Å²) in [5.41, 5.74) is 2.32. The largest absolute Gasteiger partial charge is 0.497 e. The minimum absolute atomic E-state index is 0.0769. The maximum Gasteiger partial charge on any atom is 0.243 e. The molecule has 8 nitrogen and oxygen atoms in total. The second-order valence-corrected chi connectivity index (χ2v) is 11.2. The summed E-state index contributed by atoms with van der Waals surface area (Å²) in [7, 11) is -2.08. The van der Waals surface area contributed by atoms with Crippen molar-refractivity contribution in [1.82, 2.24) is 10.2 Å². The molecule has 2 amide bonds. The van der Waals surface area contributed by atoms with E-state index in [0.29, 0.717) is 24.4 Å². The van der Waals surface area contributed by atoms with E-state index in [1.807, 2.05) is 67.6 Å². The van der Waals surface area contributed by atoms with Crippen molar-refractivity contribution in [2.24, 2.45) is 0 Å². The Kier molecular flexibility index (Phi) is 10.9. The maximum atomic E-state index is 13.7. The van der Waals surface area contributed by atoms with Crippen molar-refractivity contribution in [3.8, 4) is 5.75 Å². The molecular formula is C30H37N3O5S. The molecular weight excluding hydrogens is 514 g/mol. The van der Waals surface area contributed by atoms with Crippen LogP contribution < -0.4 is 14.4 Å². The molecule has 0 aliphatic carbocycles. The first-order valence-electron chi connectivity index (χ1n) is 13.0. The normalized spacial score (nSPS) is 11.9. The number of hydrogen-bond acceptors (Lipinski definition) is 5. The van der Waals surface area contributed by atoms with E-state index in [1.54, 1.807) is 29.2 Å². The van der Waals surface area contributed by atoms with Gasteiger partial charge in [0.25, 0.3) is 0 Å². The number of nitrogens with one attached hydrogen (secondary N) is 1. The fourth-order valence-corrected chi connectivity index (χ4v) is 5.35. The third-order valence-corrected chi connectivity index (χ3v) is 7.51. The summed E-state index contributed by atoms with van der Waals surface area (Å²) >= 11 is 0. The zero-order valence-corrected chi connectivity index (χ0v) is 23.6. The minimum Gasteiger partial charge on any atom is -0.497 e.